The number of likely N-dealkylation sites (tertiary alicyclic amines) is 1. The maximum atomic E-state index is 12.9. The minimum absolute atomic E-state index is 0.195. The number of amides is 1. The summed E-state index contributed by atoms with van der Waals surface area (Å²) in [7, 11) is 1.67. The molecule has 1 saturated heterocycles. The van der Waals surface area contributed by atoms with Gasteiger partial charge in [0.25, 0.3) is 0 Å². The van der Waals surface area contributed by atoms with Crippen LogP contribution in [-0.2, 0) is 11.2 Å². The molecule has 5 nitrogen and oxygen atoms in total. The first-order valence-corrected chi connectivity index (χ1v) is 9.46. The molecule has 4 rings (SSSR count). The molecule has 0 aliphatic carbocycles. The van der Waals surface area contributed by atoms with Crippen LogP contribution in [0.4, 0.5) is 5.69 Å². The van der Waals surface area contributed by atoms with E-state index in [4.69, 9.17) is 4.74 Å². The summed E-state index contributed by atoms with van der Waals surface area (Å²) in [6.07, 6.45) is 4.50. The van der Waals surface area contributed by atoms with Crippen LogP contribution >= 0.6 is 0 Å². The predicted molar refractivity (Wildman–Crippen MR) is 108 cm³/mol. The summed E-state index contributed by atoms with van der Waals surface area (Å²) in [4.78, 5) is 18.1. The number of nitrogens with one attached hydrogen (secondary N) is 2. The van der Waals surface area contributed by atoms with Crippen LogP contribution in [0.1, 0.15) is 18.4 Å². The van der Waals surface area contributed by atoms with Crippen LogP contribution in [0.5, 0.6) is 5.75 Å². The van der Waals surface area contributed by atoms with Crippen molar-refractivity contribution in [3.05, 3.63) is 60.3 Å². The van der Waals surface area contributed by atoms with Gasteiger partial charge in [-0.05, 0) is 48.7 Å². The summed E-state index contributed by atoms with van der Waals surface area (Å²) in [5.74, 6) is 1.04. The van der Waals surface area contributed by atoms with Crippen LogP contribution in [0.3, 0.4) is 0 Å². The Balaban J connectivity index is 1.39. The van der Waals surface area contributed by atoms with Crippen molar-refractivity contribution in [3.63, 3.8) is 0 Å². The number of anilines is 1. The number of nitrogens with zero attached hydrogens (tertiary/aromatic N) is 1. The molecule has 1 aliphatic rings. The van der Waals surface area contributed by atoms with Crippen LogP contribution in [0.2, 0.25) is 0 Å². The van der Waals surface area contributed by atoms with E-state index in [9.17, 15) is 4.79 Å². The molecule has 0 radical (unpaired) electrons. The van der Waals surface area contributed by atoms with Crippen molar-refractivity contribution >= 4 is 22.5 Å². The van der Waals surface area contributed by atoms with E-state index in [1.165, 1.54) is 0 Å². The normalized spacial score (nSPS) is 17.1. The van der Waals surface area contributed by atoms with E-state index in [-0.39, 0.29) is 11.9 Å². The molecular weight excluding hydrogens is 338 g/mol. The molecule has 0 saturated carbocycles. The van der Waals surface area contributed by atoms with Gasteiger partial charge in [0.1, 0.15) is 5.75 Å². The Labute approximate surface area is 159 Å². The number of benzene rings is 2. The lowest BCUT2D eigenvalue weighted by atomic mass is 10.0. The number of carbonyl (C=O) groups excluding carboxylic acids is 1. The van der Waals surface area contributed by atoms with Gasteiger partial charge in [0.2, 0.25) is 5.91 Å². The molecule has 140 valence electrons. The number of rotatable bonds is 5. The molecule has 1 aliphatic heterocycles. The molecule has 2 heterocycles. The maximum absolute atomic E-state index is 12.9. The van der Waals surface area contributed by atoms with Crippen LogP contribution < -0.4 is 10.1 Å². The number of carbonyl (C=O) groups is 1. The van der Waals surface area contributed by atoms with E-state index in [1.807, 2.05) is 53.6 Å². The van der Waals surface area contributed by atoms with Gasteiger partial charge in [0.05, 0.1) is 13.5 Å². The van der Waals surface area contributed by atoms with Gasteiger partial charge in [-0.15, -0.1) is 0 Å². The Bertz CT molecular complexity index is 917. The molecule has 5 heteroatoms. The summed E-state index contributed by atoms with van der Waals surface area (Å²) in [6.45, 7) is 1.58. The largest absolute Gasteiger partial charge is 0.497 e. The number of para-hydroxylation sites is 1. The van der Waals surface area contributed by atoms with Gasteiger partial charge in [-0.3, -0.25) is 4.79 Å². The molecule has 2 aromatic carbocycles. The van der Waals surface area contributed by atoms with Gasteiger partial charge in [0.15, 0.2) is 0 Å². The number of methoxy groups -OCH3 is 1. The maximum Gasteiger partial charge on any atom is 0.227 e. The van der Waals surface area contributed by atoms with Gasteiger partial charge < -0.3 is 19.9 Å². The zero-order chi connectivity index (χ0) is 18.6. The number of H-pyrrole nitrogens is 1. The highest BCUT2D eigenvalue weighted by Crippen LogP contribution is 2.22. The van der Waals surface area contributed by atoms with Crippen molar-refractivity contribution in [3.8, 4) is 5.75 Å². The molecular formula is C22H25N3O2. The lowest BCUT2D eigenvalue weighted by molar-refractivity contribution is -0.131. The number of aromatic nitrogens is 1. The van der Waals surface area contributed by atoms with Crippen LogP contribution in [0.25, 0.3) is 10.9 Å². The fraction of sp³-hybridized carbons (Fsp3) is 0.318. The monoisotopic (exact) mass is 363 g/mol. The van der Waals surface area contributed by atoms with Crippen molar-refractivity contribution in [2.24, 2.45) is 0 Å². The molecule has 0 unspecified atom stereocenters. The van der Waals surface area contributed by atoms with Gasteiger partial charge in [0, 0.05) is 41.9 Å². The van der Waals surface area contributed by atoms with Crippen molar-refractivity contribution in [2.45, 2.75) is 25.3 Å². The first-order valence-electron chi connectivity index (χ1n) is 9.46. The molecule has 0 bridgehead atoms. The van der Waals surface area contributed by atoms with Gasteiger partial charge in [-0.1, -0.05) is 18.2 Å². The van der Waals surface area contributed by atoms with Gasteiger partial charge in [-0.25, -0.2) is 0 Å². The number of aromatic amines is 1. The first kappa shape index (κ1) is 17.5. The number of hydrogen-bond donors (Lipinski definition) is 2. The van der Waals surface area contributed by atoms with Gasteiger partial charge in [-0.2, -0.15) is 0 Å². The lowest BCUT2D eigenvalue weighted by Gasteiger charge is -2.34. The molecule has 1 aromatic heterocycles. The Morgan fingerprint density at radius 2 is 2.04 bits per heavy atom. The third-order valence-electron chi connectivity index (χ3n) is 5.25. The Hall–Kier alpha value is -2.95. The number of fused-ring (bicyclic) bond motifs is 1. The molecule has 0 spiro atoms. The second-order valence-electron chi connectivity index (χ2n) is 7.09. The topological polar surface area (TPSA) is 57.4 Å². The van der Waals surface area contributed by atoms with E-state index in [1.54, 1.807) is 7.11 Å². The minimum Gasteiger partial charge on any atom is -0.497 e. The Morgan fingerprint density at radius 1 is 1.22 bits per heavy atom. The highest BCUT2D eigenvalue weighted by atomic mass is 16.5. The second kappa shape index (κ2) is 7.74. The standard InChI is InChI=1S/C22H25N3O2/c1-27-19-10-8-17(9-11-19)24-18-5-4-12-25(15-18)22(26)13-16-14-23-21-7-3-2-6-20(16)21/h2-3,6-11,14,18,23-24H,4-5,12-13,15H2,1H3/t18-/m0/s1. The highest BCUT2D eigenvalue weighted by Gasteiger charge is 2.24. The van der Waals surface area contributed by atoms with Crippen LogP contribution in [0, 0.1) is 0 Å². The molecule has 1 amide bonds. The van der Waals surface area contributed by atoms with Crippen LogP contribution in [-0.4, -0.2) is 42.0 Å². The average molecular weight is 363 g/mol. The number of ether oxygens (including phenoxy) is 1. The van der Waals surface area contributed by atoms with Gasteiger partial charge >= 0.3 is 0 Å². The quantitative estimate of drug-likeness (QED) is 0.724. The zero-order valence-electron chi connectivity index (χ0n) is 15.6. The zero-order valence-corrected chi connectivity index (χ0v) is 15.6. The van der Waals surface area contributed by atoms with Crippen molar-refractivity contribution < 1.29 is 9.53 Å². The smallest absolute Gasteiger partial charge is 0.227 e. The molecule has 27 heavy (non-hydrogen) atoms. The third-order valence-corrected chi connectivity index (χ3v) is 5.25. The minimum atomic E-state index is 0.195. The lowest BCUT2D eigenvalue weighted by Crippen LogP contribution is -2.45. The molecule has 3 aromatic rings. The highest BCUT2D eigenvalue weighted by molar-refractivity contribution is 5.89. The summed E-state index contributed by atoms with van der Waals surface area (Å²) in [5.41, 5.74) is 3.21. The van der Waals surface area contributed by atoms with Crippen molar-refractivity contribution in [2.75, 3.05) is 25.5 Å². The SMILES string of the molecule is COc1ccc(N[C@H]2CCCN(C(=O)Cc3c[nH]c4ccccc34)C2)cc1. The third kappa shape index (κ3) is 3.92. The summed E-state index contributed by atoms with van der Waals surface area (Å²) in [5, 5.41) is 4.68. The average Bonchev–Trinajstić information content (AvgIpc) is 3.12. The summed E-state index contributed by atoms with van der Waals surface area (Å²) >= 11 is 0. The predicted octanol–water partition coefficient (Wildman–Crippen LogP) is 3.82. The van der Waals surface area contributed by atoms with E-state index in [2.05, 4.69) is 16.4 Å². The van der Waals surface area contributed by atoms with Crippen molar-refractivity contribution in [1.82, 2.24) is 9.88 Å². The molecule has 1 atom stereocenters. The fourth-order valence-corrected chi connectivity index (χ4v) is 3.80. The summed E-state index contributed by atoms with van der Waals surface area (Å²) in [6, 6.07) is 16.3. The van der Waals surface area contributed by atoms with Crippen molar-refractivity contribution in [1.29, 1.82) is 0 Å². The Morgan fingerprint density at radius 3 is 2.85 bits per heavy atom. The Kier molecular flexibility index (Phi) is 5.01. The van der Waals surface area contributed by atoms with E-state index >= 15 is 0 Å². The second-order valence-corrected chi connectivity index (χ2v) is 7.09. The van der Waals surface area contributed by atoms with E-state index in [0.717, 1.165) is 53.8 Å². The fourth-order valence-electron chi connectivity index (χ4n) is 3.80. The number of piperidine rings is 1. The molecule has 2 N–H and O–H groups in total. The summed E-state index contributed by atoms with van der Waals surface area (Å²) < 4.78 is 5.20. The first-order chi connectivity index (χ1) is 13.2. The van der Waals surface area contributed by atoms with Crippen LogP contribution in [0.15, 0.2) is 54.7 Å². The number of hydrogen-bond acceptors (Lipinski definition) is 3. The molecule has 1 fully saturated rings. The van der Waals surface area contributed by atoms with E-state index in [0.29, 0.717) is 6.42 Å². The van der Waals surface area contributed by atoms with E-state index < -0.39 is 0 Å².